The zero-order chi connectivity index (χ0) is 22.0. The van der Waals surface area contributed by atoms with Gasteiger partial charge in [0.2, 0.25) is 0 Å². The average molecular weight is 502 g/mol. The molecule has 2 nitrogen and oxygen atoms in total. The van der Waals surface area contributed by atoms with Crippen molar-refractivity contribution in [2.75, 3.05) is 0 Å². The van der Waals surface area contributed by atoms with Crippen molar-refractivity contribution < 1.29 is 8.42 Å². The molecule has 30 heavy (non-hydrogen) atoms. The van der Waals surface area contributed by atoms with E-state index >= 15 is 0 Å². The molecular weight excluding hydrogens is 472 g/mol. The highest BCUT2D eigenvalue weighted by molar-refractivity contribution is 9.11. The van der Waals surface area contributed by atoms with Gasteiger partial charge in [0.05, 0.1) is 4.90 Å². The molecule has 0 aliphatic rings. The fourth-order valence-electron chi connectivity index (χ4n) is 3.71. The minimum Gasteiger partial charge on any atom is -0.222 e. The van der Waals surface area contributed by atoms with Crippen molar-refractivity contribution in [1.29, 1.82) is 0 Å². The Hall–Kier alpha value is -1.69. The quantitative estimate of drug-likeness (QED) is 0.267. The van der Waals surface area contributed by atoms with Crippen LogP contribution in [-0.2, 0) is 26.0 Å². The van der Waals surface area contributed by atoms with Crippen molar-refractivity contribution >= 4 is 33.8 Å². The molecule has 5 heteroatoms. The van der Waals surface area contributed by atoms with Crippen LogP contribution in [0.3, 0.4) is 0 Å². The van der Waals surface area contributed by atoms with E-state index in [1.165, 1.54) is 0 Å². The summed E-state index contributed by atoms with van der Waals surface area (Å²) in [6, 6.07) is 25.9. The van der Waals surface area contributed by atoms with E-state index in [2.05, 4.69) is 41.6 Å². The van der Waals surface area contributed by atoms with Crippen LogP contribution in [0.15, 0.2) is 83.8 Å². The van der Waals surface area contributed by atoms with Gasteiger partial charge in [0.1, 0.15) is 0 Å². The van der Waals surface area contributed by atoms with Gasteiger partial charge in [0.25, 0.3) is 0 Å². The normalized spacial score (nSPS) is 14.3. The predicted octanol–water partition coefficient (Wildman–Crippen LogP) is 6.68. The Morgan fingerprint density at radius 3 is 2.00 bits per heavy atom. The summed E-state index contributed by atoms with van der Waals surface area (Å²) < 4.78 is 26.9. The largest absolute Gasteiger partial charge is 0.222 e. The van der Waals surface area contributed by atoms with Crippen LogP contribution in [0.2, 0.25) is 19.6 Å². The fourth-order valence-corrected chi connectivity index (χ4v) is 8.14. The van der Waals surface area contributed by atoms with Crippen molar-refractivity contribution in [3.63, 3.8) is 0 Å². The zero-order valence-electron chi connectivity index (χ0n) is 18.0. The number of alkyl halides is 1. The van der Waals surface area contributed by atoms with Crippen molar-refractivity contribution in [3.8, 4) is 0 Å². The third-order valence-electron chi connectivity index (χ3n) is 5.17. The van der Waals surface area contributed by atoms with Gasteiger partial charge in [-0.05, 0) is 41.8 Å². The SMILES string of the molecule is Cc1ccc(S(=O)(=O)C(Br)(Cc2ccccc2)c2ccccc2C[Si](C)(C)C)cc1. The van der Waals surface area contributed by atoms with E-state index in [-0.39, 0.29) is 0 Å². The van der Waals surface area contributed by atoms with Crippen molar-refractivity contribution in [1.82, 2.24) is 0 Å². The minimum absolute atomic E-state index is 0.337. The van der Waals surface area contributed by atoms with E-state index < -0.39 is 21.6 Å². The Morgan fingerprint density at radius 1 is 0.833 bits per heavy atom. The molecule has 0 aliphatic heterocycles. The minimum atomic E-state index is -3.71. The molecular formula is C25H29BrO2SSi. The lowest BCUT2D eigenvalue weighted by molar-refractivity contribution is 0.574. The monoisotopic (exact) mass is 500 g/mol. The van der Waals surface area contributed by atoms with Crippen molar-refractivity contribution in [3.05, 3.63) is 101 Å². The Labute approximate surface area is 190 Å². The molecule has 0 heterocycles. The third-order valence-corrected chi connectivity index (χ3v) is 10.7. The number of rotatable bonds is 7. The molecule has 3 aromatic carbocycles. The molecule has 0 radical (unpaired) electrons. The predicted molar refractivity (Wildman–Crippen MR) is 133 cm³/mol. The van der Waals surface area contributed by atoms with Crippen LogP contribution in [0.5, 0.6) is 0 Å². The van der Waals surface area contributed by atoms with Crippen LogP contribution in [-0.4, -0.2) is 16.5 Å². The Balaban J connectivity index is 2.23. The smallest absolute Gasteiger partial charge is 0.198 e. The number of hydrogen-bond acceptors (Lipinski definition) is 2. The van der Waals surface area contributed by atoms with E-state index in [0.717, 1.165) is 28.3 Å². The van der Waals surface area contributed by atoms with Gasteiger partial charge in [-0.2, -0.15) is 0 Å². The number of hydrogen-bond donors (Lipinski definition) is 0. The highest BCUT2D eigenvalue weighted by atomic mass is 79.9. The van der Waals surface area contributed by atoms with Gasteiger partial charge in [-0.25, -0.2) is 8.42 Å². The Bertz CT molecular complexity index is 1100. The lowest BCUT2D eigenvalue weighted by atomic mass is 10.00. The van der Waals surface area contributed by atoms with Crippen LogP contribution < -0.4 is 0 Å². The van der Waals surface area contributed by atoms with E-state index in [0.29, 0.717) is 11.3 Å². The molecule has 0 aliphatic carbocycles. The highest BCUT2D eigenvalue weighted by Crippen LogP contribution is 2.46. The number of aryl methyl sites for hydroxylation is 1. The summed E-state index contributed by atoms with van der Waals surface area (Å²) in [5, 5.41) is 0. The maximum absolute atomic E-state index is 14.1. The first-order chi connectivity index (χ1) is 14.0. The van der Waals surface area contributed by atoms with Gasteiger partial charge >= 0.3 is 0 Å². The van der Waals surface area contributed by atoms with E-state index in [1.807, 2.05) is 67.6 Å². The molecule has 0 spiro atoms. The molecule has 0 saturated carbocycles. The van der Waals surface area contributed by atoms with Crippen LogP contribution in [0.25, 0.3) is 0 Å². The van der Waals surface area contributed by atoms with Gasteiger partial charge in [-0.3, -0.25) is 0 Å². The third kappa shape index (κ3) is 4.96. The Morgan fingerprint density at radius 2 is 1.40 bits per heavy atom. The number of sulfone groups is 1. The second kappa shape index (κ2) is 8.81. The molecule has 0 fully saturated rings. The van der Waals surface area contributed by atoms with Gasteiger partial charge in [-0.15, -0.1) is 0 Å². The van der Waals surface area contributed by atoms with Crippen LogP contribution in [0, 0.1) is 6.92 Å². The standard InChI is InChI=1S/C25H29BrO2SSi/c1-20-14-16-23(17-15-20)29(27,28)25(26,18-21-10-6-5-7-11-21)24-13-9-8-12-22(24)19-30(2,3)4/h5-17H,18-19H2,1-4H3. The van der Waals surface area contributed by atoms with E-state index in [1.54, 1.807) is 12.1 Å². The average Bonchev–Trinajstić information content (AvgIpc) is 2.68. The number of benzene rings is 3. The first-order valence-electron chi connectivity index (χ1n) is 10.2. The molecule has 158 valence electrons. The summed E-state index contributed by atoms with van der Waals surface area (Å²) in [5.41, 5.74) is 3.97. The fraction of sp³-hybridized carbons (Fsp3) is 0.280. The van der Waals surface area contributed by atoms with Crippen LogP contribution in [0.1, 0.15) is 22.3 Å². The molecule has 0 saturated heterocycles. The maximum atomic E-state index is 14.1. The topological polar surface area (TPSA) is 34.1 Å². The summed E-state index contributed by atoms with van der Waals surface area (Å²) in [6.07, 6.45) is 0.354. The summed E-state index contributed by atoms with van der Waals surface area (Å²) >= 11 is 3.79. The molecule has 0 N–H and O–H groups in total. The molecule has 3 rings (SSSR count). The molecule has 0 bridgehead atoms. The van der Waals surface area contributed by atoms with Gasteiger partial charge < -0.3 is 0 Å². The van der Waals surface area contributed by atoms with Gasteiger partial charge in [-0.1, -0.05) is 108 Å². The summed E-state index contributed by atoms with van der Waals surface area (Å²) in [6.45, 7) is 8.90. The summed E-state index contributed by atoms with van der Waals surface area (Å²) in [4.78, 5) is 0.337. The summed E-state index contributed by atoms with van der Waals surface area (Å²) in [5.74, 6) is 0. The molecule has 0 amide bonds. The van der Waals surface area contributed by atoms with E-state index in [9.17, 15) is 8.42 Å². The van der Waals surface area contributed by atoms with Crippen LogP contribution >= 0.6 is 15.9 Å². The molecule has 1 unspecified atom stereocenters. The van der Waals surface area contributed by atoms with Crippen molar-refractivity contribution in [2.45, 2.75) is 47.6 Å². The van der Waals surface area contributed by atoms with Gasteiger partial charge in [0, 0.05) is 14.5 Å². The van der Waals surface area contributed by atoms with Crippen molar-refractivity contribution in [2.24, 2.45) is 0 Å². The van der Waals surface area contributed by atoms with Gasteiger partial charge in [0.15, 0.2) is 13.5 Å². The summed E-state index contributed by atoms with van der Waals surface area (Å²) in [7, 11) is -5.18. The first kappa shape index (κ1) is 23.0. The van der Waals surface area contributed by atoms with Crippen LogP contribution in [0.4, 0.5) is 0 Å². The first-order valence-corrected chi connectivity index (χ1v) is 16.1. The van der Waals surface area contributed by atoms with E-state index in [4.69, 9.17) is 0 Å². The Kier molecular flexibility index (Phi) is 6.75. The second-order valence-corrected chi connectivity index (χ2v) is 18.6. The maximum Gasteiger partial charge on any atom is 0.198 e. The molecule has 1 atom stereocenters. The second-order valence-electron chi connectivity index (χ2n) is 9.10. The molecule has 0 aromatic heterocycles. The zero-order valence-corrected chi connectivity index (χ0v) is 21.4. The lowest BCUT2D eigenvalue weighted by Gasteiger charge is -2.32. The highest BCUT2D eigenvalue weighted by Gasteiger charge is 2.45. The number of halogens is 1. The molecule has 3 aromatic rings. The lowest BCUT2D eigenvalue weighted by Crippen LogP contribution is -2.35.